The summed E-state index contributed by atoms with van der Waals surface area (Å²) in [5.74, 6) is -0.204. The largest absolute Gasteiger partial charge is 0.463 e. The molecule has 0 radical (unpaired) electrons. The lowest BCUT2D eigenvalue weighted by Gasteiger charge is -2.46. The number of carbonyl (C=O) groups is 1. The maximum absolute atomic E-state index is 11.8. The number of hydrogen-bond acceptors (Lipinski definition) is 3. The van der Waals surface area contributed by atoms with Crippen molar-refractivity contribution in [2.24, 2.45) is 5.41 Å². The lowest BCUT2D eigenvalue weighted by molar-refractivity contribution is -0.139. The first-order chi connectivity index (χ1) is 8.51. The van der Waals surface area contributed by atoms with Gasteiger partial charge in [0.15, 0.2) is 0 Å². The van der Waals surface area contributed by atoms with E-state index in [9.17, 15) is 9.90 Å². The van der Waals surface area contributed by atoms with Gasteiger partial charge in [-0.15, -0.1) is 0 Å². The zero-order chi connectivity index (χ0) is 13.2. The van der Waals surface area contributed by atoms with Crippen LogP contribution < -0.4 is 0 Å². The van der Waals surface area contributed by atoms with E-state index in [1.807, 2.05) is 13.0 Å². The molecule has 2 aliphatic carbocycles. The van der Waals surface area contributed by atoms with E-state index in [1.54, 1.807) is 0 Å². The first-order valence-electron chi connectivity index (χ1n) is 7.12. The van der Waals surface area contributed by atoms with E-state index in [2.05, 4.69) is 6.92 Å². The van der Waals surface area contributed by atoms with E-state index in [-0.39, 0.29) is 11.4 Å². The van der Waals surface area contributed by atoms with Crippen molar-refractivity contribution in [2.75, 3.05) is 6.61 Å². The van der Waals surface area contributed by atoms with Crippen molar-refractivity contribution >= 4 is 5.97 Å². The van der Waals surface area contributed by atoms with Gasteiger partial charge in [0, 0.05) is 11.0 Å². The fourth-order valence-electron chi connectivity index (χ4n) is 3.40. The molecule has 0 heterocycles. The predicted octanol–water partition coefficient (Wildman–Crippen LogP) is 2.97. The number of fused-ring (bicyclic) bond motifs is 1. The second-order valence-corrected chi connectivity index (χ2v) is 5.90. The summed E-state index contributed by atoms with van der Waals surface area (Å²) in [5, 5.41) is 10.9. The third-order valence-corrected chi connectivity index (χ3v) is 4.69. The minimum absolute atomic E-state index is 0.204. The monoisotopic (exact) mass is 252 g/mol. The van der Waals surface area contributed by atoms with Gasteiger partial charge in [0.25, 0.3) is 0 Å². The van der Waals surface area contributed by atoms with Crippen LogP contribution in [0, 0.1) is 5.41 Å². The summed E-state index contributed by atoms with van der Waals surface area (Å²) in [6.07, 6.45) is 8.56. The molecule has 0 aromatic heterocycles. The Labute approximate surface area is 109 Å². The molecule has 0 spiro atoms. The fourth-order valence-corrected chi connectivity index (χ4v) is 3.40. The molecule has 0 aliphatic heterocycles. The van der Waals surface area contributed by atoms with Crippen molar-refractivity contribution in [3.8, 4) is 0 Å². The second-order valence-electron chi connectivity index (χ2n) is 5.90. The number of ether oxygens (including phenoxy) is 1. The predicted molar refractivity (Wildman–Crippen MR) is 70.1 cm³/mol. The van der Waals surface area contributed by atoms with E-state index in [4.69, 9.17) is 4.74 Å². The highest BCUT2D eigenvalue weighted by Crippen LogP contribution is 2.50. The summed E-state index contributed by atoms with van der Waals surface area (Å²) in [6.45, 7) is 4.33. The molecule has 102 valence electrons. The molecule has 3 nitrogen and oxygen atoms in total. The van der Waals surface area contributed by atoms with Gasteiger partial charge in [0.05, 0.1) is 12.2 Å². The maximum atomic E-state index is 11.8. The molecule has 3 heteroatoms. The van der Waals surface area contributed by atoms with Crippen molar-refractivity contribution < 1.29 is 14.6 Å². The van der Waals surface area contributed by atoms with Gasteiger partial charge in [-0.3, -0.25) is 0 Å². The first kappa shape index (κ1) is 13.6. The van der Waals surface area contributed by atoms with Crippen LogP contribution in [0.1, 0.15) is 58.8 Å². The van der Waals surface area contributed by atoms with Crippen LogP contribution in [-0.4, -0.2) is 23.3 Å². The highest BCUT2D eigenvalue weighted by molar-refractivity contribution is 5.88. The van der Waals surface area contributed by atoms with Gasteiger partial charge in [-0.25, -0.2) is 4.79 Å². The van der Waals surface area contributed by atoms with E-state index in [0.717, 1.165) is 31.3 Å². The number of hydrogen-bond donors (Lipinski definition) is 1. The number of aliphatic hydroxyl groups is 1. The minimum atomic E-state index is -0.626. The van der Waals surface area contributed by atoms with Crippen LogP contribution in [0.3, 0.4) is 0 Å². The Hall–Kier alpha value is -0.830. The van der Waals surface area contributed by atoms with E-state index in [1.165, 1.54) is 6.42 Å². The molecule has 0 aromatic carbocycles. The molecule has 0 unspecified atom stereocenters. The van der Waals surface area contributed by atoms with Crippen LogP contribution >= 0.6 is 0 Å². The van der Waals surface area contributed by atoms with Crippen LogP contribution in [0.15, 0.2) is 11.6 Å². The summed E-state index contributed by atoms with van der Waals surface area (Å²) >= 11 is 0. The zero-order valence-corrected chi connectivity index (χ0v) is 11.5. The SMILES string of the molecule is CCOC(=O)C1=C[C@@]2(C)CCCCC[C@]2(O)CC1. The summed E-state index contributed by atoms with van der Waals surface area (Å²) in [4.78, 5) is 11.8. The molecule has 0 amide bonds. The molecule has 2 atom stereocenters. The molecule has 0 aromatic rings. The topological polar surface area (TPSA) is 46.5 Å². The van der Waals surface area contributed by atoms with Gasteiger partial charge in [-0.2, -0.15) is 0 Å². The maximum Gasteiger partial charge on any atom is 0.333 e. The fraction of sp³-hybridized carbons (Fsp3) is 0.800. The van der Waals surface area contributed by atoms with E-state index >= 15 is 0 Å². The highest BCUT2D eigenvalue weighted by atomic mass is 16.5. The average Bonchev–Trinajstić information content (AvgIpc) is 2.47. The summed E-state index contributed by atoms with van der Waals surface area (Å²) < 4.78 is 5.08. The van der Waals surface area contributed by atoms with Gasteiger partial charge in [-0.1, -0.05) is 32.3 Å². The Kier molecular flexibility index (Phi) is 3.81. The lowest BCUT2D eigenvalue weighted by atomic mass is 9.63. The minimum Gasteiger partial charge on any atom is -0.463 e. The van der Waals surface area contributed by atoms with Crippen molar-refractivity contribution in [3.05, 3.63) is 11.6 Å². The Morgan fingerprint density at radius 2 is 2.06 bits per heavy atom. The number of esters is 1. The molecule has 18 heavy (non-hydrogen) atoms. The van der Waals surface area contributed by atoms with Crippen molar-refractivity contribution in [3.63, 3.8) is 0 Å². The number of rotatable bonds is 2. The van der Waals surface area contributed by atoms with Gasteiger partial charge < -0.3 is 9.84 Å². The Morgan fingerprint density at radius 1 is 1.33 bits per heavy atom. The van der Waals surface area contributed by atoms with Crippen LogP contribution in [0.25, 0.3) is 0 Å². The lowest BCUT2D eigenvalue weighted by Crippen LogP contribution is -2.47. The van der Waals surface area contributed by atoms with Crippen molar-refractivity contribution in [1.29, 1.82) is 0 Å². The molecule has 0 bridgehead atoms. The Balaban J connectivity index is 2.26. The van der Waals surface area contributed by atoms with Gasteiger partial charge >= 0.3 is 5.97 Å². The van der Waals surface area contributed by atoms with Gasteiger partial charge in [0.2, 0.25) is 0 Å². The third-order valence-electron chi connectivity index (χ3n) is 4.69. The van der Waals surface area contributed by atoms with E-state index in [0.29, 0.717) is 19.4 Å². The number of carbonyl (C=O) groups excluding carboxylic acids is 1. The molecule has 1 N–H and O–H groups in total. The normalized spacial score (nSPS) is 36.3. The van der Waals surface area contributed by atoms with Crippen molar-refractivity contribution in [1.82, 2.24) is 0 Å². The zero-order valence-electron chi connectivity index (χ0n) is 11.5. The van der Waals surface area contributed by atoms with Crippen molar-refractivity contribution in [2.45, 2.75) is 64.4 Å². The molecule has 2 rings (SSSR count). The first-order valence-corrected chi connectivity index (χ1v) is 7.12. The van der Waals surface area contributed by atoms with Crippen LogP contribution in [0.2, 0.25) is 0 Å². The van der Waals surface area contributed by atoms with Crippen LogP contribution in [0.4, 0.5) is 0 Å². The summed E-state index contributed by atoms with van der Waals surface area (Å²) in [7, 11) is 0. The molecular weight excluding hydrogens is 228 g/mol. The average molecular weight is 252 g/mol. The molecular formula is C15H24O3. The smallest absolute Gasteiger partial charge is 0.333 e. The molecule has 2 aliphatic rings. The molecule has 0 saturated heterocycles. The van der Waals surface area contributed by atoms with E-state index < -0.39 is 5.60 Å². The van der Waals surface area contributed by atoms with Gasteiger partial charge in [-0.05, 0) is 32.6 Å². The third kappa shape index (κ3) is 2.33. The molecule has 1 fully saturated rings. The van der Waals surface area contributed by atoms with Gasteiger partial charge in [0.1, 0.15) is 0 Å². The van der Waals surface area contributed by atoms with Crippen LogP contribution in [0.5, 0.6) is 0 Å². The molecule has 1 saturated carbocycles. The summed E-state index contributed by atoms with van der Waals surface area (Å²) in [5.41, 5.74) is -0.130. The summed E-state index contributed by atoms with van der Waals surface area (Å²) in [6, 6.07) is 0. The quantitative estimate of drug-likeness (QED) is 0.769. The second kappa shape index (κ2) is 5.04. The Morgan fingerprint density at radius 3 is 2.78 bits per heavy atom. The Bertz CT molecular complexity index is 361. The highest BCUT2D eigenvalue weighted by Gasteiger charge is 2.48. The standard InChI is InChI=1S/C15H24O3/c1-3-18-13(16)12-7-10-15(17)9-6-4-5-8-14(15,2)11-12/h11,17H,3-10H2,1-2H3/t14-,15+/m1/s1. The van der Waals surface area contributed by atoms with Crippen LogP contribution in [-0.2, 0) is 9.53 Å².